The number of carbonyl (C=O) groups excluding carboxylic acids is 1. The molecule has 0 atom stereocenters. The van der Waals surface area contributed by atoms with E-state index in [0.717, 1.165) is 31.7 Å². The van der Waals surface area contributed by atoms with Crippen molar-refractivity contribution in [3.05, 3.63) is 42.5 Å². The molecule has 7 heteroatoms. The zero-order chi connectivity index (χ0) is 16.1. The minimum absolute atomic E-state index is 0.261. The molecule has 1 fully saturated rings. The predicted molar refractivity (Wildman–Crippen MR) is 87.2 cm³/mol. The van der Waals surface area contributed by atoms with Crippen molar-refractivity contribution in [2.45, 2.75) is 18.8 Å². The number of hydrogen-bond acceptors (Lipinski definition) is 6. The Balaban J connectivity index is 1.63. The van der Waals surface area contributed by atoms with E-state index in [1.165, 1.54) is 5.56 Å². The van der Waals surface area contributed by atoms with Crippen LogP contribution >= 0.6 is 0 Å². The van der Waals surface area contributed by atoms with Gasteiger partial charge in [-0.1, -0.05) is 0 Å². The van der Waals surface area contributed by atoms with E-state index in [1.807, 2.05) is 6.20 Å². The molecule has 2 aromatic heterocycles. The van der Waals surface area contributed by atoms with Gasteiger partial charge in [0.05, 0.1) is 12.7 Å². The topological polar surface area (TPSA) is 97.0 Å². The van der Waals surface area contributed by atoms with Crippen LogP contribution in [0, 0.1) is 0 Å². The number of nitrogens with two attached hydrogens (primary N) is 1. The largest absolute Gasteiger partial charge is 0.369 e. The number of amides is 1. The summed E-state index contributed by atoms with van der Waals surface area (Å²) in [5, 5.41) is 3.16. The third-order valence-electron chi connectivity index (χ3n) is 4.04. The van der Waals surface area contributed by atoms with Crippen molar-refractivity contribution in [1.29, 1.82) is 0 Å². The molecule has 1 aliphatic heterocycles. The van der Waals surface area contributed by atoms with Gasteiger partial charge in [-0.2, -0.15) is 0 Å². The average Bonchev–Trinajstić information content (AvgIpc) is 2.56. The van der Waals surface area contributed by atoms with Gasteiger partial charge in [0, 0.05) is 18.6 Å². The Hall–Kier alpha value is -2.54. The Morgan fingerprint density at radius 3 is 2.70 bits per heavy atom. The Morgan fingerprint density at radius 1 is 1.22 bits per heavy atom. The summed E-state index contributed by atoms with van der Waals surface area (Å²) in [6, 6.07) is 4.11. The number of hydrogen-bond donors (Lipinski definition) is 2. The molecule has 3 rings (SSSR count). The zero-order valence-electron chi connectivity index (χ0n) is 12.9. The highest BCUT2D eigenvalue weighted by Gasteiger charge is 2.21. The molecule has 0 bridgehead atoms. The third-order valence-corrected chi connectivity index (χ3v) is 4.04. The van der Waals surface area contributed by atoms with E-state index in [-0.39, 0.29) is 5.91 Å². The third kappa shape index (κ3) is 4.23. The monoisotopic (exact) mass is 312 g/mol. The van der Waals surface area contributed by atoms with E-state index < -0.39 is 0 Å². The normalized spacial score (nSPS) is 16.2. The van der Waals surface area contributed by atoms with Crippen LogP contribution in [0.25, 0.3) is 0 Å². The van der Waals surface area contributed by atoms with Crippen LogP contribution in [0.4, 0.5) is 11.6 Å². The quantitative estimate of drug-likeness (QED) is 0.863. The van der Waals surface area contributed by atoms with Crippen LogP contribution in [-0.2, 0) is 4.79 Å². The number of likely N-dealkylation sites (tertiary alicyclic amines) is 1. The fourth-order valence-electron chi connectivity index (χ4n) is 2.91. The number of rotatable bonds is 5. The summed E-state index contributed by atoms with van der Waals surface area (Å²) in [4.78, 5) is 25.7. The molecule has 7 nitrogen and oxygen atoms in total. The Bertz CT molecular complexity index is 655. The van der Waals surface area contributed by atoms with Crippen LogP contribution in [0.5, 0.6) is 0 Å². The van der Waals surface area contributed by atoms with Crippen LogP contribution in [0.2, 0.25) is 0 Å². The molecule has 0 radical (unpaired) electrons. The van der Waals surface area contributed by atoms with Gasteiger partial charge in [-0.3, -0.25) is 14.7 Å². The van der Waals surface area contributed by atoms with Crippen molar-refractivity contribution < 1.29 is 4.79 Å². The summed E-state index contributed by atoms with van der Waals surface area (Å²) in [6.45, 7) is 2.13. The first-order valence-corrected chi connectivity index (χ1v) is 7.70. The number of piperidine rings is 1. The summed E-state index contributed by atoms with van der Waals surface area (Å²) < 4.78 is 0. The van der Waals surface area contributed by atoms with Gasteiger partial charge in [-0.25, -0.2) is 9.97 Å². The van der Waals surface area contributed by atoms with Crippen molar-refractivity contribution in [2.75, 3.05) is 25.0 Å². The number of anilines is 2. The first kappa shape index (κ1) is 15.4. The first-order valence-electron chi connectivity index (χ1n) is 7.70. The molecule has 1 aliphatic rings. The summed E-state index contributed by atoms with van der Waals surface area (Å²) in [5.41, 5.74) is 6.51. The summed E-state index contributed by atoms with van der Waals surface area (Å²) >= 11 is 0. The fraction of sp³-hybridized carbons (Fsp3) is 0.375. The molecular weight excluding hydrogens is 292 g/mol. The maximum Gasteiger partial charge on any atom is 0.231 e. The molecule has 0 unspecified atom stereocenters. The summed E-state index contributed by atoms with van der Waals surface area (Å²) in [6.07, 6.45) is 8.78. The molecule has 1 saturated heterocycles. The molecule has 120 valence electrons. The van der Waals surface area contributed by atoms with E-state index in [2.05, 4.69) is 37.3 Å². The molecule has 3 heterocycles. The molecule has 0 aliphatic carbocycles. The lowest BCUT2D eigenvalue weighted by molar-refractivity contribution is -0.119. The van der Waals surface area contributed by atoms with Crippen LogP contribution in [0.1, 0.15) is 24.3 Å². The van der Waals surface area contributed by atoms with Gasteiger partial charge in [0.25, 0.3) is 0 Å². The number of nitrogens with one attached hydrogen (secondary N) is 1. The maximum atomic E-state index is 11.0. The molecule has 0 saturated carbocycles. The van der Waals surface area contributed by atoms with Gasteiger partial charge in [0.15, 0.2) is 0 Å². The van der Waals surface area contributed by atoms with Gasteiger partial charge in [-0.15, -0.1) is 0 Å². The number of nitrogens with zero attached hydrogens (tertiary/aromatic N) is 4. The molecule has 2 aromatic rings. The van der Waals surface area contributed by atoms with Gasteiger partial charge >= 0.3 is 0 Å². The zero-order valence-corrected chi connectivity index (χ0v) is 12.9. The van der Waals surface area contributed by atoms with Gasteiger partial charge < -0.3 is 11.1 Å². The summed E-state index contributed by atoms with van der Waals surface area (Å²) in [7, 11) is 0. The molecular formula is C16H20N6O. The second kappa shape index (κ2) is 7.15. The minimum atomic E-state index is -0.261. The fourth-order valence-corrected chi connectivity index (χ4v) is 2.91. The van der Waals surface area contributed by atoms with E-state index in [9.17, 15) is 4.79 Å². The van der Waals surface area contributed by atoms with E-state index in [1.54, 1.807) is 18.6 Å². The second-order valence-corrected chi connectivity index (χ2v) is 5.71. The Labute approximate surface area is 135 Å². The smallest absolute Gasteiger partial charge is 0.231 e. The lowest BCUT2D eigenvalue weighted by Crippen LogP contribution is -2.39. The minimum Gasteiger partial charge on any atom is -0.369 e. The summed E-state index contributed by atoms with van der Waals surface area (Å²) in [5.74, 6) is 1.66. The number of primary amides is 1. The lowest BCUT2D eigenvalue weighted by atomic mass is 9.90. The molecule has 23 heavy (non-hydrogen) atoms. The Kier molecular flexibility index (Phi) is 4.77. The molecule has 0 spiro atoms. The lowest BCUT2D eigenvalue weighted by Gasteiger charge is -2.31. The van der Waals surface area contributed by atoms with Crippen LogP contribution in [0.3, 0.4) is 0 Å². The highest BCUT2D eigenvalue weighted by Crippen LogP contribution is 2.29. The van der Waals surface area contributed by atoms with Crippen molar-refractivity contribution in [1.82, 2.24) is 19.9 Å². The van der Waals surface area contributed by atoms with Crippen LogP contribution in [0.15, 0.2) is 36.9 Å². The van der Waals surface area contributed by atoms with Gasteiger partial charge in [-0.05, 0) is 49.5 Å². The molecule has 3 N–H and O–H groups in total. The SMILES string of the molecule is NC(=O)CN1CCC(c2ccnc(Nc3cnccn3)c2)CC1. The number of pyridine rings is 1. The predicted octanol–water partition coefficient (Wildman–Crippen LogP) is 1.28. The molecule has 0 aromatic carbocycles. The van der Waals surface area contributed by atoms with E-state index in [0.29, 0.717) is 18.3 Å². The van der Waals surface area contributed by atoms with Crippen molar-refractivity contribution in [3.63, 3.8) is 0 Å². The van der Waals surface area contributed by atoms with Gasteiger partial charge in [0.2, 0.25) is 5.91 Å². The molecule has 1 amide bonds. The average molecular weight is 312 g/mol. The second-order valence-electron chi connectivity index (χ2n) is 5.71. The van der Waals surface area contributed by atoms with Crippen molar-refractivity contribution in [2.24, 2.45) is 5.73 Å². The maximum absolute atomic E-state index is 11.0. The van der Waals surface area contributed by atoms with Crippen LogP contribution in [-0.4, -0.2) is 45.4 Å². The van der Waals surface area contributed by atoms with Crippen molar-refractivity contribution >= 4 is 17.5 Å². The standard InChI is InChI=1S/C16H20N6O/c17-14(23)11-22-7-2-12(3-8-22)13-1-4-19-15(9-13)21-16-10-18-5-6-20-16/h1,4-6,9-10,12H,2-3,7-8,11H2,(H2,17,23)(H,19,20,21). The number of carbonyl (C=O) groups is 1. The van der Waals surface area contributed by atoms with E-state index >= 15 is 0 Å². The highest BCUT2D eigenvalue weighted by molar-refractivity contribution is 5.75. The van der Waals surface area contributed by atoms with E-state index in [4.69, 9.17) is 5.73 Å². The Morgan fingerprint density at radius 2 is 2.00 bits per heavy atom. The van der Waals surface area contributed by atoms with Crippen LogP contribution < -0.4 is 11.1 Å². The first-order chi connectivity index (χ1) is 11.2. The van der Waals surface area contributed by atoms with Gasteiger partial charge in [0.1, 0.15) is 11.6 Å². The van der Waals surface area contributed by atoms with Crippen molar-refractivity contribution in [3.8, 4) is 0 Å². The highest BCUT2D eigenvalue weighted by atomic mass is 16.1. The number of aromatic nitrogens is 3.